The van der Waals surface area contributed by atoms with E-state index < -0.39 is 12.1 Å². The zero-order chi connectivity index (χ0) is 61.3. The van der Waals surface area contributed by atoms with Crippen LogP contribution in [0.4, 0.5) is 0 Å². The molecule has 0 aromatic carbocycles. The standard InChI is InChI=1S/C79H151NO5/c1-3-5-7-9-11-13-15-17-19-21-35-39-43-47-51-55-59-63-67-71-77(82)76(75-81)80-78(83)72-68-64-60-56-52-48-44-40-37-33-31-29-27-25-23-24-26-28-30-32-34-38-42-46-50-54-58-62-66-70-74-85-79(84)73-69-65-61-57-53-49-45-41-36-22-20-18-16-14-12-10-8-6-4-2/h12,14,18,20,67,71,76-77,81-82H,3-11,13,15-17,19,21-66,68-70,72-75H2,1-2H3,(H,80,83)/b14-12-,20-18-,71-67+. The van der Waals surface area contributed by atoms with Crippen molar-refractivity contribution in [3.63, 3.8) is 0 Å². The van der Waals surface area contributed by atoms with Gasteiger partial charge in [-0.15, -0.1) is 0 Å². The highest BCUT2D eigenvalue weighted by molar-refractivity contribution is 5.76. The fourth-order valence-electron chi connectivity index (χ4n) is 12.3. The van der Waals surface area contributed by atoms with Gasteiger partial charge < -0.3 is 20.3 Å². The summed E-state index contributed by atoms with van der Waals surface area (Å²) in [6, 6.07) is -0.626. The van der Waals surface area contributed by atoms with Gasteiger partial charge in [0.2, 0.25) is 5.91 Å². The first-order valence-corrected chi connectivity index (χ1v) is 38.8. The van der Waals surface area contributed by atoms with Crippen LogP contribution in [0.15, 0.2) is 36.5 Å². The Labute approximate surface area is 532 Å². The topological polar surface area (TPSA) is 95.9 Å². The van der Waals surface area contributed by atoms with Gasteiger partial charge >= 0.3 is 5.97 Å². The highest BCUT2D eigenvalue weighted by Crippen LogP contribution is 2.20. The molecule has 3 N–H and O–H groups in total. The highest BCUT2D eigenvalue weighted by Gasteiger charge is 2.18. The van der Waals surface area contributed by atoms with Crippen molar-refractivity contribution in [3.8, 4) is 0 Å². The number of nitrogens with one attached hydrogen (secondary N) is 1. The number of carbonyl (C=O) groups is 2. The quantitative estimate of drug-likeness (QED) is 0.0320. The predicted molar refractivity (Wildman–Crippen MR) is 375 cm³/mol. The van der Waals surface area contributed by atoms with Crippen LogP contribution in [0.25, 0.3) is 0 Å². The average molecular weight is 1200 g/mol. The summed E-state index contributed by atoms with van der Waals surface area (Å²) in [5, 5.41) is 23.3. The molecule has 0 saturated carbocycles. The van der Waals surface area contributed by atoms with E-state index in [0.717, 1.165) is 51.4 Å². The minimum Gasteiger partial charge on any atom is -0.466 e. The van der Waals surface area contributed by atoms with Crippen molar-refractivity contribution in [2.45, 2.75) is 443 Å². The lowest BCUT2D eigenvalue weighted by Crippen LogP contribution is -2.45. The summed E-state index contributed by atoms with van der Waals surface area (Å²) in [6.45, 7) is 4.92. The molecule has 0 radical (unpaired) electrons. The summed E-state index contributed by atoms with van der Waals surface area (Å²) >= 11 is 0. The zero-order valence-electron chi connectivity index (χ0n) is 57.6. The van der Waals surface area contributed by atoms with Crippen molar-refractivity contribution >= 4 is 11.9 Å². The third-order valence-corrected chi connectivity index (χ3v) is 18.2. The summed E-state index contributed by atoms with van der Waals surface area (Å²) in [4.78, 5) is 24.7. The number of aliphatic hydroxyl groups excluding tert-OH is 2. The first kappa shape index (κ1) is 83.1. The molecular formula is C79H151NO5. The van der Waals surface area contributed by atoms with E-state index in [1.165, 1.54) is 353 Å². The Morgan fingerprint density at radius 1 is 0.329 bits per heavy atom. The third-order valence-electron chi connectivity index (χ3n) is 18.2. The van der Waals surface area contributed by atoms with E-state index in [2.05, 4.69) is 43.5 Å². The second-order valence-corrected chi connectivity index (χ2v) is 26.7. The molecule has 0 aromatic heterocycles. The van der Waals surface area contributed by atoms with Crippen LogP contribution < -0.4 is 5.32 Å². The molecule has 2 unspecified atom stereocenters. The lowest BCUT2D eigenvalue weighted by molar-refractivity contribution is -0.143. The molecule has 1 amide bonds. The second-order valence-electron chi connectivity index (χ2n) is 26.7. The highest BCUT2D eigenvalue weighted by atomic mass is 16.5. The zero-order valence-corrected chi connectivity index (χ0v) is 57.6. The minimum atomic E-state index is -0.843. The smallest absolute Gasteiger partial charge is 0.305 e. The molecule has 0 bridgehead atoms. The lowest BCUT2D eigenvalue weighted by atomic mass is 10.0. The SMILES string of the molecule is CCCCC/C=C\C/C=C\CCCCCCCCCCCC(=O)OCCCCCCCCCCCCCCCCCCCCCCCCCCCCCCCCC(=O)NC(CO)C(O)/C=C/CCCCCCCCCCCCCCCCCCC. The van der Waals surface area contributed by atoms with Gasteiger partial charge in [-0.25, -0.2) is 0 Å². The number of allylic oxidation sites excluding steroid dienone is 5. The molecule has 502 valence electrons. The van der Waals surface area contributed by atoms with Crippen LogP contribution in [0.3, 0.4) is 0 Å². The van der Waals surface area contributed by atoms with E-state index in [-0.39, 0.29) is 18.5 Å². The van der Waals surface area contributed by atoms with Crippen molar-refractivity contribution < 1.29 is 24.5 Å². The molecule has 6 nitrogen and oxygen atoms in total. The molecule has 0 spiro atoms. The van der Waals surface area contributed by atoms with Gasteiger partial charge in [-0.2, -0.15) is 0 Å². The molecule has 85 heavy (non-hydrogen) atoms. The number of rotatable bonds is 73. The Morgan fingerprint density at radius 2 is 0.588 bits per heavy atom. The molecule has 6 heteroatoms. The molecular weight excluding hydrogens is 1040 g/mol. The number of hydrogen-bond donors (Lipinski definition) is 3. The van der Waals surface area contributed by atoms with Gasteiger partial charge in [-0.05, 0) is 64.2 Å². The van der Waals surface area contributed by atoms with E-state index >= 15 is 0 Å². The maximum absolute atomic E-state index is 12.5. The van der Waals surface area contributed by atoms with Crippen LogP contribution >= 0.6 is 0 Å². The number of esters is 1. The van der Waals surface area contributed by atoms with Gasteiger partial charge in [0.25, 0.3) is 0 Å². The fraction of sp³-hybridized carbons (Fsp3) is 0.899. The molecule has 0 fully saturated rings. The van der Waals surface area contributed by atoms with Crippen molar-refractivity contribution in [2.24, 2.45) is 0 Å². The molecule has 0 aromatic rings. The predicted octanol–water partition coefficient (Wildman–Crippen LogP) is 25.4. The Morgan fingerprint density at radius 3 is 0.918 bits per heavy atom. The van der Waals surface area contributed by atoms with Gasteiger partial charge in [0.1, 0.15) is 0 Å². The molecule has 0 aliphatic heterocycles. The number of carbonyl (C=O) groups excluding carboxylic acids is 2. The normalized spacial score (nSPS) is 12.7. The van der Waals surface area contributed by atoms with Crippen molar-refractivity contribution in [3.05, 3.63) is 36.5 Å². The summed E-state index contributed by atoms with van der Waals surface area (Å²) < 4.78 is 5.51. The summed E-state index contributed by atoms with van der Waals surface area (Å²) in [5.41, 5.74) is 0. The Hall–Kier alpha value is -1.92. The van der Waals surface area contributed by atoms with Gasteiger partial charge in [0.05, 0.1) is 25.4 Å². The Balaban J connectivity index is 3.34. The van der Waals surface area contributed by atoms with Gasteiger partial charge in [-0.1, -0.05) is 391 Å². The van der Waals surface area contributed by atoms with Gasteiger partial charge in [-0.3, -0.25) is 9.59 Å². The molecule has 0 heterocycles. The molecule has 0 saturated heterocycles. The third kappa shape index (κ3) is 71.0. The van der Waals surface area contributed by atoms with Crippen molar-refractivity contribution in [1.29, 1.82) is 0 Å². The summed E-state index contributed by atoms with van der Waals surface area (Å²) in [7, 11) is 0. The molecule has 0 aliphatic carbocycles. The molecule has 0 rings (SSSR count). The van der Waals surface area contributed by atoms with Gasteiger partial charge in [0.15, 0.2) is 0 Å². The monoisotopic (exact) mass is 1190 g/mol. The van der Waals surface area contributed by atoms with Crippen LogP contribution in [0.1, 0.15) is 431 Å². The van der Waals surface area contributed by atoms with E-state index in [0.29, 0.717) is 19.4 Å². The minimum absolute atomic E-state index is 0.0167. The number of unbranched alkanes of at least 4 members (excludes halogenated alkanes) is 58. The van der Waals surface area contributed by atoms with E-state index in [1.54, 1.807) is 6.08 Å². The molecule has 2 atom stereocenters. The van der Waals surface area contributed by atoms with Crippen LogP contribution in [-0.2, 0) is 14.3 Å². The van der Waals surface area contributed by atoms with E-state index in [1.807, 2.05) is 6.08 Å². The second kappa shape index (κ2) is 74.5. The van der Waals surface area contributed by atoms with Crippen molar-refractivity contribution in [1.82, 2.24) is 5.32 Å². The number of ether oxygens (including phenoxy) is 1. The largest absolute Gasteiger partial charge is 0.466 e. The first-order chi connectivity index (χ1) is 42.0. The van der Waals surface area contributed by atoms with Crippen LogP contribution in [0.2, 0.25) is 0 Å². The number of aliphatic hydroxyl groups is 2. The Bertz CT molecular complexity index is 1380. The maximum atomic E-state index is 12.5. The van der Waals surface area contributed by atoms with Gasteiger partial charge in [0, 0.05) is 12.8 Å². The first-order valence-electron chi connectivity index (χ1n) is 38.8. The van der Waals surface area contributed by atoms with Crippen LogP contribution in [0.5, 0.6) is 0 Å². The summed E-state index contributed by atoms with van der Waals surface area (Å²) in [6.07, 6.45) is 96.8. The van der Waals surface area contributed by atoms with E-state index in [4.69, 9.17) is 4.74 Å². The molecule has 0 aliphatic rings. The maximum Gasteiger partial charge on any atom is 0.305 e. The van der Waals surface area contributed by atoms with Crippen molar-refractivity contribution in [2.75, 3.05) is 13.2 Å². The van der Waals surface area contributed by atoms with Crippen LogP contribution in [-0.4, -0.2) is 47.4 Å². The lowest BCUT2D eigenvalue weighted by Gasteiger charge is -2.20. The number of amides is 1. The summed E-state index contributed by atoms with van der Waals surface area (Å²) in [5.74, 6) is -0.0434. The Kier molecular flexibility index (Phi) is 72.9. The average Bonchev–Trinajstić information content (AvgIpc) is 3.51. The van der Waals surface area contributed by atoms with E-state index in [9.17, 15) is 19.8 Å². The fourth-order valence-corrected chi connectivity index (χ4v) is 12.3. The number of hydrogen-bond acceptors (Lipinski definition) is 5. The van der Waals surface area contributed by atoms with Crippen LogP contribution in [0, 0.1) is 0 Å².